The van der Waals surface area contributed by atoms with E-state index in [-0.39, 0.29) is 23.0 Å². The normalized spacial score (nSPS) is 15.4. The maximum absolute atomic E-state index is 12.9. The molecule has 0 unspecified atom stereocenters. The minimum absolute atomic E-state index is 0.0971. The van der Waals surface area contributed by atoms with Crippen molar-refractivity contribution in [2.45, 2.75) is 32.8 Å². The van der Waals surface area contributed by atoms with E-state index in [9.17, 15) is 18.0 Å². The molecule has 0 radical (unpaired) electrons. The predicted octanol–water partition coefficient (Wildman–Crippen LogP) is 3.44. The van der Waals surface area contributed by atoms with Gasteiger partial charge in [0.15, 0.2) is 0 Å². The third-order valence-corrected chi connectivity index (χ3v) is 6.64. The lowest BCUT2D eigenvalue weighted by Gasteiger charge is -2.28. The second-order valence-electron chi connectivity index (χ2n) is 7.47. The minimum atomic E-state index is -3.38. The molecule has 0 aromatic heterocycles. The van der Waals surface area contributed by atoms with Gasteiger partial charge in [-0.15, -0.1) is 0 Å². The number of carbonyl (C=O) groups is 2. The quantitative estimate of drug-likeness (QED) is 0.682. The van der Waals surface area contributed by atoms with E-state index >= 15 is 0 Å². The van der Waals surface area contributed by atoms with Gasteiger partial charge < -0.3 is 14.8 Å². The van der Waals surface area contributed by atoms with Gasteiger partial charge in [-0.2, -0.15) is 0 Å². The van der Waals surface area contributed by atoms with E-state index in [1.54, 1.807) is 50.2 Å². The number of rotatable bonds is 6. The van der Waals surface area contributed by atoms with E-state index in [0.29, 0.717) is 30.1 Å². The molecule has 1 amide bonds. The predicted molar refractivity (Wildman–Crippen MR) is 118 cm³/mol. The highest BCUT2D eigenvalue weighted by molar-refractivity contribution is 7.92. The van der Waals surface area contributed by atoms with Gasteiger partial charge in [-0.25, -0.2) is 13.2 Å². The number of nitrogens with one attached hydrogen (secondary N) is 1. The molecule has 1 aliphatic rings. The molecule has 2 aromatic carbocycles. The van der Waals surface area contributed by atoms with Crippen molar-refractivity contribution in [1.82, 2.24) is 0 Å². The second kappa shape index (κ2) is 9.38. The standard InChI is InChI=1S/C22H26N2O6S/c1-15(2)30-22(26)17-9-10-20(29-3)19(14-17)23-21(25)16-7-6-8-18(13-16)24-11-4-5-12-31(24,27)28/h6-10,13-15H,4-5,11-12H2,1-3H3,(H,23,25). The average molecular weight is 447 g/mol. The summed E-state index contributed by atoms with van der Waals surface area (Å²) < 4.78 is 36.6. The number of benzene rings is 2. The fourth-order valence-electron chi connectivity index (χ4n) is 3.29. The zero-order chi connectivity index (χ0) is 22.6. The van der Waals surface area contributed by atoms with Gasteiger partial charge >= 0.3 is 5.97 Å². The van der Waals surface area contributed by atoms with Crippen molar-refractivity contribution < 1.29 is 27.5 Å². The van der Waals surface area contributed by atoms with Crippen molar-refractivity contribution in [3.63, 3.8) is 0 Å². The molecule has 1 fully saturated rings. The summed E-state index contributed by atoms with van der Waals surface area (Å²) in [6.07, 6.45) is 1.13. The van der Waals surface area contributed by atoms with Crippen LogP contribution in [0.4, 0.5) is 11.4 Å². The maximum atomic E-state index is 12.9. The number of methoxy groups -OCH3 is 1. The van der Waals surface area contributed by atoms with Crippen molar-refractivity contribution in [3.8, 4) is 5.75 Å². The number of carbonyl (C=O) groups excluding carboxylic acids is 2. The van der Waals surface area contributed by atoms with E-state index in [1.807, 2.05) is 0 Å². The molecule has 1 aliphatic heterocycles. The van der Waals surface area contributed by atoms with Crippen molar-refractivity contribution in [3.05, 3.63) is 53.6 Å². The summed E-state index contributed by atoms with van der Waals surface area (Å²) in [6.45, 7) is 3.89. The van der Waals surface area contributed by atoms with Crippen LogP contribution in [-0.4, -0.2) is 45.8 Å². The van der Waals surface area contributed by atoms with Crippen LogP contribution in [0.3, 0.4) is 0 Å². The van der Waals surface area contributed by atoms with E-state index < -0.39 is 21.9 Å². The van der Waals surface area contributed by atoms with Gasteiger partial charge in [0.1, 0.15) is 5.75 Å². The molecular weight excluding hydrogens is 420 g/mol. The molecule has 1 heterocycles. The summed E-state index contributed by atoms with van der Waals surface area (Å²) in [4.78, 5) is 25.1. The summed E-state index contributed by atoms with van der Waals surface area (Å²) >= 11 is 0. The third kappa shape index (κ3) is 5.35. The monoisotopic (exact) mass is 446 g/mol. The van der Waals surface area contributed by atoms with E-state index in [2.05, 4.69) is 5.32 Å². The fourth-order valence-corrected chi connectivity index (χ4v) is 4.92. The summed E-state index contributed by atoms with van der Waals surface area (Å²) in [5.74, 6) is -0.488. The van der Waals surface area contributed by atoms with Gasteiger partial charge in [-0.1, -0.05) is 6.07 Å². The molecule has 3 rings (SSSR count). The zero-order valence-electron chi connectivity index (χ0n) is 17.8. The lowest BCUT2D eigenvalue weighted by atomic mass is 10.1. The summed E-state index contributed by atoms with van der Waals surface area (Å²) in [7, 11) is -1.93. The van der Waals surface area contributed by atoms with Crippen LogP contribution >= 0.6 is 0 Å². The Balaban J connectivity index is 1.85. The molecule has 0 atom stereocenters. The summed E-state index contributed by atoms with van der Waals surface area (Å²) in [5, 5.41) is 2.74. The number of ether oxygens (including phenoxy) is 2. The third-order valence-electron chi connectivity index (χ3n) is 4.77. The molecule has 1 N–H and O–H groups in total. The van der Waals surface area contributed by atoms with Gasteiger partial charge in [-0.3, -0.25) is 9.10 Å². The van der Waals surface area contributed by atoms with E-state index in [1.165, 1.54) is 17.5 Å². The Morgan fingerprint density at radius 3 is 2.52 bits per heavy atom. The van der Waals surface area contributed by atoms with Crippen molar-refractivity contribution in [2.75, 3.05) is 29.0 Å². The van der Waals surface area contributed by atoms with Crippen LogP contribution in [0.1, 0.15) is 47.4 Å². The molecule has 0 bridgehead atoms. The molecule has 31 heavy (non-hydrogen) atoms. The van der Waals surface area contributed by atoms with Gasteiger partial charge in [-0.05, 0) is 63.1 Å². The lowest BCUT2D eigenvalue weighted by molar-refractivity contribution is 0.0377. The molecule has 9 heteroatoms. The highest BCUT2D eigenvalue weighted by Gasteiger charge is 2.26. The Morgan fingerprint density at radius 2 is 1.84 bits per heavy atom. The Kier molecular flexibility index (Phi) is 6.84. The molecule has 0 aliphatic carbocycles. The highest BCUT2D eigenvalue weighted by Crippen LogP contribution is 2.28. The van der Waals surface area contributed by atoms with Gasteiger partial charge in [0.2, 0.25) is 10.0 Å². The van der Waals surface area contributed by atoms with Crippen molar-refractivity contribution >= 4 is 33.3 Å². The molecular formula is C22H26N2O6S. The Morgan fingerprint density at radius 1 is 1.06 bits per heavy atom. The summed E-state index contributed by atoms with van der Waals surface area (Å²) in [6, 6.07) is 11.1. The molecule has 0 spiro atoms. The number of anilines is 2. The Bertz CT molecular complexity index is 1080. The lowest BCUT2D eigenvalue weighted by Crippen LogP contribution is -2.37. The fraction of sp³-hybridized carbons (Fsp3) is 0.364. The van der Waals surface area contributed by atoms with Gasteiger partial charge in [0.25, 0.3) is 5.91 Å². The van der Waals surface area contributed by atoms with Crippen LogP contribution in [0, 0.1) is 0 Å². The number of amides is 1. The highest BCUT2D eigenvalue weighted by atomic mass is 32.2. The first kappa shape index (κ1) is 22.6. The smallest absolute Gasteiger partial charge is 0.338 e. The van der Waals surface area contributed by atoms with Crippen LogP contribution < -0.4 is 14.4 Å². The van der Waals surface area contributed by atoms with Crippen LogP contribution in [0.2, 0.25) is 0 Å². The number of hydrogen-bond acceptors (Lipinski definition) is 6. The molecule has 2 aromatic rings. The van der Waals surface area contributed by atoms with Gasteiger partial charge in [0.05, 0.1) is 35.9 Å². The van der Waals surface area contributed by atoms with E-state index in [0.717, 1.165) is 6.42 Å². The average Bonchev–Trinajstić information content (AvgIpc) is 2.73. The number of nitrogens with zero attached hydrogens (tertiary/aromatic N) is 1. The second-order valence-corrected chi connectivity index (χ2v) is 9.48. The largest absolute Gasteiger partial charge is 0.495 e. The number of hydrogen-bond donors (Lipinski definition) is 1. The van der Waals surface area contributed by atoms with Crippen LogP contribution in [0.5, 0.6) is 5.75 Å². The van der Waals surface area contributed by atoms with Gasteiger partial charge in [0, 0.05) is 12.1 Å². The molecule has 8 nitrogen and oxygen atoms in total. The first-order valence-electron chi connectivity index (χ1n) is 10.0. The Hall–Kier alpha value is -3.07. The molecule has 166 valence electrons. The Labute approximate surface area is 182 Å². The topological polar surface area (TPSA) is 102 Å². The van der Waals surface area contributed by atoms with Crippen LogP contribution in [0.25, 0.3) is 0 Å². The minimum Gasteiger partial charge on any atom is -0.495 e. The van der Waals surface area contributed by atoms with Crippen LogP contribution in [0.15, 0.2) is 42.5 Å². The SMILES string of the molecule is COc1ccc(C(=O)OC(C)C)cc1NC(=O)c1cccc(N2CCCCS2(=O)=O)c1. The zero-order valence-corrected chi connectivity index (χ0v) is 18.6. The summed E-state index contributed by atoms with van der Waals surface area (Å²) in [5.41, 5.74) is 1.32. The first-order chi connectivity index (χ1) is 14.7. The number of esters is 1. The number of sulfonamides is 1. The van der Waals surface area contributed by atoms with Crippen LogP contribution in [-0.2, 0) is 14.8 Å². The maximum Gasteiger partial charge on any atom is 0.338 e. The molecule has 1 saturated heterocycles. The first-order valence-corrected chi connectivity index (χ1v) is 11.6. The van der Waals surface area contributed by atoms with E-state index in [4.69, 9.17) is 9.47 Å². The van der Waals surface area contributed by atoms with Crippen molar-refractivity contribution in [1.29, 1.82) is 0 Å². The van der Waals surface area contributed by atoms with Crippen molar-refractivity contribution in [2.24, 2.45) is 0 Å². The molecule has 0 saturated carbocycles.